The summed E-state index contributed by atoms with van der Waals surface area (Å²) in [6, 6.07) is 8.12. The van der Waals surface area contributed by atoms with Crippen molar-refractivity contribution in [3.63, 3.8) is 0 Å². The van der Waals surface area contributed by atoms with Crippen LogP contribution in [0.1, 0.15) is 57.9 Å². The summed E-state index contributed by atoms with van der Waals surface area (Å²) in [7, 11) is 0. The molecule has 1 aliphatic heterocycles. The fraction of sp³-hybridized carbons (Fsp3) is 0.636. The van der Waals surface area contributed by atoms with E-state index < -0.39 is 0 Å². The molecule has 2 amide bonds. The fourth-order valence-corrected chi connectivity index (χ4v) is 3.50. The highest BCUT2D eigenvalue weighted by Gasteiger charge is 2.26. The van der Waals surface area contributed by atoms with E-state index in [0.29, 0.717) is 19.4 Å². The molecule has 0 bridgehead atoms. The third-order valence-corrected chi connectivity index (χ3v) is 5.34. The molecule has 1 fully saturated rings. The molecule has 5 heteroatoms. The van der Waals surface area contributed by atoms with Crippen molar-refractivity contribution in [1.29, 1.82) is 0 Å². The molecule has 0 aromatic heterocycles. The predicted molar refractivity (Wildman–Crippen MR) is 108 cm³/mol. The zero-order valence-electron chi connectivity index (χ0n) is 17.0. The van der Waals surface area contributed by atoms with Crippen molar-refractivity contribution in [2.24, 2.45) is 5.92 Å². The molecule has 0 spiro atoms. The van der Waals surface area contributed by atoms with Gasteiger partial charge in [0.2, 0.25) is 11.8 Å². The molecule has 0 saturated carbocycles. The van der Waals surface area contributed by atoms with E-state index in [1.807, 2.05) is 36.1 Å². The first-order valence-electron chi connectivity index (χ1n) is 10.3. The number of nitrogens with one attached hydrogen (secondary N) is 1. The molecule has 0 atom stereocenters. The van der Waals surface area contributed by atoms with Gasteiger partial charge < -0.3 is 15.0 Å². The van der Waals surface area contributed by atoms with Crippen molar-refractivity contribution in [1.82, 2.24) is 10.2 Å². The van der Waals surface area contributed by atoms with Crippen molar-refractivity contribution in [2.45, 2.75) is 65.3 Å². The van der Waals surface area contributed by atoms with Crippen molar-refractivity contribution < 1.29 is 14.3 Å². The zero-order chi connectivity index (χ0) is 19.6. The van der Waals surface area contributed by atoms with Crippen LogP contribution < -0.4 is 10.1 Å². The molecule has 0 unspecified atom stereocenters. The Kier molecular flexibility index (Phi) is 8.62. The minimum absolute atomic E-state index is 0.0762. The number of carbonyl (C=O) groups is 2. The molecule has 1 aliphatic rings. The Bertz CT molecular complexity index is 588. The lowest BCUT2D eigenvalue weighted by molar-refractivity contribution is -0.137. The third kappa shape index (κ3) is 6.89. The van der Waals surface area contributed by atoms with Crippen LogP contribution in [0.5, 0.6) is 5.75 Å². The number of likely N-dealkylation sites (tertiary alicyclic amines) is 1. The van der Waals surface area contributed by atoms with Gasteiger partial charge in [-0.3, -0.25) is 9.59 Å². The van der Waals surface area contributed by atoms with Gasteiger partial charge in [0.25, 0.3) is 0 Å². The highest BCUT2D eigenvalue weighted by molar-refractivity contribution is 5.79. The molecule has 1 saturated heterocycles. The Morgan fingerprint density at radius 1 is 1.15 bits per heavy atom. The SMILES string of the molecule is CCC(CC)C(=O)N1CCC(NC(=O)CCCOc2ccc(C)cc2)CC1. The Hall–Kier alpha value is -2.04. The predicted octanol–water partition coefficient (Wildman–Crippen LogP) is 3.70. The Morgan fingerprint density at radius 2 is 1.78 bits per heavy atom. The monoisotopic (exact) mass is 374 g/mol. The lowest BCUT2D eigenvalue weighted by Gasteiger charge is -2.34. The molecule has 1 heterocycles. The number of benzene rings is 1. The third-order valence-electron chi connectivity index (χ3n) is 5.34. The highest BCUT2D eigenvalue weighted by Crippen LogP contribution is 2.17. The number of hydrogen-bond donors (Lipinski definition) is 1. The second-order valence-electron chi connectivity index (χ2n) is 7.45. The topological polar surface area (TPSA) is 58.6 Å². The molecule has 1 aromatic rings. The second kappa shape index (κ2) is 11.0. The molecule has 2 rings (SSSR count). The molecule has 27 heavy (non-hydrogen) atoms. The first-order chi connectivity index (χ1) is 13.0. The maximum atomic E-state index is 12.4. The van der Waals surface area contributed by atoms with Crippen molar-refractivity contribution >= 4 is 11.8 Å². The quantitative estimate of drug-likeness (QED) is 0.671. The normalized spacial score (nSPS) is 15.0. The van der Waals surface area contributed by atoms with Crippen LogP contribution in [0.2, 0.25) is 0 Å². The summed E-state index contributed by atoms with van der Waals surface area (Å²) in [5, 5.41) is 3.11. The van der Waals surface area contributed by atoms with Crippen LogP contribution in [0.3, 0.4) is 0 Å². The lowest BCUT2D eigenvalue weighted by atomic mass is 9.98. The molecular formula is C22H34N2O3. The molecule has 0 aliphatic carbocycles. The van der Waals surface area contributed by atoms with E-state index in [1.54, 1.807) is 0 Å². The second-order valence-corrected chi connectivity index (χ2v) is 7.45. The van der Waals surface area contributed by atoms with E-state index >= 15 is 0 Å². The smallest absolute Gasteiger partial charge is 0.225 e. The van der Waals surface area contributed by atoms with E-state index in [4.69, 9.17) is 4.74 Å². The summed E-state index contributed by atoms with van der Waals surface area (Å²) in [4.78, 5) is 26.5. The average Bonchev–Trinajstić information content (AvgIpc) is 2.68. The van der Waals surface area contributed by atoms with E-state index in [-0.39, 0.29) is 23.8 Å². The lowest BCUT2D eigenvalue weighted by Crippen LogP contribution is -2.48. The van der Waals surface area contributed by atoms with E-state index in [1.165, 1.54) is 5.56 Å². The van der Waals surface area contributed by atoms with Crippen LogP contribution in [-0.4, -0.2) is 42.5 Å². The number of amides is 2. The first kappa shape index (κ1) is 21.3. The van der Waals surface area contributed by atoms with Gasteiger partial charge in [-0.05, 0) is 51.2 Å². The highest BCUT2D eigenvalue weighted by atomic mass is 16.5. The number of ether oxygens (including phenoxy) is 1. The Balaban J connectivity index is 1.61. The zero-order valence-corrected chi connectivity index (χ0v) is 17.0. The van der Waals surface area contributed by atoms with E-state index in [2.05, 4.69) is 19.2 Å². The molecular weight excluding hydrogens is 340 g/mol. The van der Waals surface area contributed by atoms with Gasteiger partial charge in [-0.25, -0.2) is 0 Å². The van der Waals surface area contributed by atoms with Gasteiger partial charge in [0, 0.05) is 31.5 Å². The van der Waals surface area contributed by atoms with E-state index in [0.717, 1.165) is 44.5 Å². The molecule has 5 nitrogen and oxygen atoms in total. The minimum Gasteiger partial charge on any atom is -0.494 e. The molecule has 150 valence electrons. The van der Waals surface area contributed by atoms with Crippen molar-refractivity contribution in [3.8, 4) is 5.75 Å². The van der Waals surface area contributed by atoms with Crippen LogP contribution in [-0.2, 0) is 9.59 Å². The number of nitrogens with zero attached hydrogens (tertiary/aromatic N) is 1. The standard InChI is InChI=1S/C22H34N2O3/c1-4-18(5-2)22(26)24-14-12-19(13-15-24)23-21(25)7-6-16-27-20-10-8-17(3)9-11-20/h8-11,18-19H,4-7,12-16H2,1-3H3,(H,23,25). The summed E-state index contributed by atoms with van der Waals surface area (Å²) < 4.78 is 5.66. The summed E-state index contributed by atoms with van der Waals surface area (Å²) in [5.74, 6) is 1.34. The Labute approximate surface area is 163 Å². The number of piperidine rings is 1. The molecule has 0 radical (unpaired) electrons. The van der Waals surface area contributed by atoms with Crippen LogP contribution in [0.4, 0.5) is 0 Å². The van der Waals surface area contributed by atoms with Gasteiger partial charge in [0.1, 0.15) is 5.75 Å². The maximum Gasteiger partial charge on any atom is 0.225 e. The summed E-state index contributed by atoms with van der Waals surface area (Å²) >= 11 is 0. The van der Waals surface area contributed by atoms with E-state index in [9.17, 15) is 9.59 Å². The van der Waals surface area contributed by atoms with Gasteiger partial charge in [0.05, 0.1) is 6.61 Å². The van der Waals surface area contributed by atoms with Gasteiger partial charge >= 0.3 is 0 Å². The van der Waals surface area contributed by atoms with Gasteiger partial charge in [-0.1, -0.05) is 31.5 Å². The average molecular weight is 375 g/mol. The number of carbonyl (C=O) groups excluding carboxylic acids is 2. The van der Waals surface area contributed by atoms with Crippen LogP contribution >= 0.6 is 0 Å². The summed E-state index contributed by atoms with van der Waals surface area (Å²) in [6.45, 7) is 8.22. The number of hydrogen-bond acceptors (Lipinski definition) is 3. The van der Waals surface area contributed by atoms with Gasteiger partial charge in [0.15, 0.2) is 0 Å². The van der Waals surface area contributed by atoms with Gasteiger partial charge in [-0.2, -0.15) is 0 Å². The fourth-order valence-electron chi connectivity index (χ4n) is 3.50. The largest absolute Gasteiger partial charge is 0.494 e. The van der Waals surface area contributed by atoms with Crippen LogP contribution in [0.15, 0.2) is 24.3 Å². The minimum atomic E-state index is 0.0762. The number of rotatable bonds is 9. The molecule has 1 aromatic carbocycles. The van der Waals surface area contributed by atoms with Crippen molar-refractivity contribution in [2.75, 3.05) is 19.7 Å². The summed E-state index contributed by atoms with van der Waals surface area (Å²) in [5.41, 5.74) is 1.20. The van der Waals surface area contributed by atoms with Crippen LogP contribution in [0, 0.1) is 12.8 Å². The maximum absolute atomic E-state index is 12.4. The van der Waals surface area contributed by atoms with Crippen molar-refractivity contribution in [3.05, 3.63) is 29.8 Å². The first-order valence-corrected chi connectivity index (χ1v) is 10.3. The van der Waals surface area contributed by atoms with Gasteiger partial charge in [-0.15, -0.1) is 0 Å². The molecule has 1 N–H and O–H groups in total. The number of aryl methyl sites for hydroxylation is 1. The Morgan fingerprint density at radius 3 is 2.37 bits per heavy atom. The van der Waals surface area contributed by atoms with Crippen LogP contribution in [0.25, 0.3) is 0 Å². The summed E-state index contributed by atoms with van der Waals surface area (Å²) in [6.07, 6.45) is 4.66.